The number of nitrogens with zero attached hydrogens (tertiary/aromatic N) is 2. The predicted octanol–water partition coefficient (Wildman–Crippen LogP) is 2.97. The van der Waals surface area contributed by atoms with Gasteiger partial charge in [-0.05, 0) is 43.3 Å². The lowest BCUT2D eigenvalue weighted by Crippen LogP contribution is -2.12. The topological polar surface area (TPSA) is 63.0 Å². The molecule has 2 rings (SSSR count). The van der Waals surface area contributed by atoms with Crippen molar-refractivity contribution in [2.45, 2.75) is 12.8 Å². The summed E-state index contributed by atoms with van der Waals surface area (Å²) in [6, 6.07) is 14.0. The molecule has 0 aliphatic rings. The van der Waals surface area contributed by atoms with Gasteiger partial charge in [0.15, 0.2) is 11.7 Å². The van der Waals surface area contributed by atoms with Gasteiger partial charge in [0.1, 0.15) is 5.75 Å². The molecule has 100 valence electrons. The Kier molecular flexibility index (Phi) is 4.46. The fourth-order valence-electron chi connectivity index (χ4n) is 1.85. The summed E-state index contributed by atoms with van der Waals surface area (Å²) in [6.45, 7) is 2.47. The number of carbonyl (C=O) groups excluding carboxylic acids is 1. The molecular formula is C16H14N2O2. The largest absolute Gasteiger partial charge is 0.494 e. The fourth-order valence-corrected chi connectivity index (χ4v) is 1.85. The van der Waals surface area contributed by atoms with Gasteiger partial charge < -0.3 is 4.74 Å². The van der Waals surface area contributed by atoms with Crippen LogP contribution in [0.2, 0.25) is 0 Å². The number of nitriles is 1. The highest BCUT2D eigenvalue weighted by Gasteiger charge is 2.22. The van der Waals surface area contributed by atoms with Crippen LogP contribution < -0.4 is 4.74 Å². The standard InChI is InChI=1S/C16H14N2O2/c1-2-20-13-8-6-12(7-9-13)16(19)14(11-17)15-5-3-4-10-18-15/h3-10,14H,2H2,1H3/t14-/m1/s1. The quantitative estimate of drug-likeness (QED) is 0.780. The molecule has 0 bridgehead atoms. The highest BCUT2D eigenvalue weighted by Crippen LogP contribution is 2.20. The van der Waals surface area contributed by atoms with E-state index >= 15 is 0 Å². The van der Waals surface area contributed by atoms with Crippen molar-refractivity contribution in [2.24, 2.45) is 0 Å². The van der Waals surface area contributed by atoms with Crippen LogP contribution in [0.5, 0.6) is 5.75 Å². The molecule has 0 aliphatic heterocycles. The zero-order valence-corrected chi connectivity index (χ0v) is 11.1. The Morgan fingerprint density at radius 1 is 1.30 bits per heavy atom. The van der Waals surface area contributed by atoms with E-state index in [0.717, 1.165) is 0 Å². The van der Waals surface area contributed by atoms with Crippen LogP contribution in [-0.4, -0.2) is 17.4 Å². The van der Waals surface area contributed by atoms with Gasteiger partial charge in [-0.3, -0.25) is 9.78 Å². The molecule has 1 aromatic carbocycles. The highest BCUT2D eigenvalue weighted by atomic mass is 16.5. The van der Waals surface area contributed by atoms with E-state index < -0.39 is 5.92 Å². The average molecular weight is 266 g/mol. The van der Waals surface area contributed by atoms with Gasteiger partial charge in [0.25, 0.3) is 0 Å². The lowest BCUT2D eigenvalue weighted by atomic mass is 9.95. The minimum absolute atomic E-state index is 0.255. The minimum Gasteiger partial charge on any atom is -0.494 e. The van der Waals surface area contributed by atoms with Gasteiger partial charge in [0.2, 0.25) is 0 Å². The van der Waals surface area contributed by atoms with Crippen LogP contribution in [0.3, 0.4) is 0 Å². The van der Waals surface area contributed by atoms with Crippen LogP contribution in [0.15, 0.2) is 48.7 Å². The summed E-state index contributed by atoms with van der Waals surface area (Å²) < 4.78 is 5.32. The summed E-state index contributed by atoms with van der Waals surface area (Å²) in [4.78, 5) is 16.4. The Morgan fingerprint density at radius 2 is 2.05 bits per heavy atom. The molecule has 1 atom stereocenters. The van der Waals surface area contributed by atoms with Crippen LogP contribution in [-0.2, 0) is 0 Å². The predicted molar refractivity (Wildman–Crippen MR) is 74.5 cm³/mol. The third-order valence-corrected chi connectivity index (χ3v) is 2.82. The van der Waals surface area contributed by atoms with Crippen molar-refractivity contribution in [3.63, 3.8) is 0 Å². The van der Waals surface area contributed by atoms with Crippen LogP contribution in [0.4, 0.5) is 0 Å². The summed E-state index contributed by atoms with van der Waals surface area (Å²) in [5.74, 6) is -0.432. The molecule has 0 saturated carbocycles. The van der Waals surface area contributed by atoms with E-state index in [1.807, 2.05) is 13.0 Å². The molecule has 2 aromatic rings. The van der Waals surface area contributed by atoms with Crippen molar-refractivity contribution >= 4 is 5.78 Å². The molecule has 0 unspecified atom stereocenters. The van der Waals surface area contributed by atoms with Gasteiger partial charge in [-0.25, -0.2) is 0 Å². The summed E-state index contributed by atoms with van der Waals surface area (Å²) in [5, 5.41) is 9.21. The van der Waals surface area contributed by atoms with Crippen molar-refractivity contribution in [3.8, 4) is 11.8 Å². The van der Waals surface area contributed by atoms with Crippen LogP contribution in [0.25, 0.3) is 0 Å². The maximum absolute atomic E-state index is 12.3. The number of ketones is 1. The number of benzene rings is 1. The van der Waals surface area contributed by atoms with E-state index in [9.17, 15) is 10.1 Å². The molecule has 0 amide bonds. The number of rotatable bonds is 5. The minimum atomic E-state index is -0.880. The Bertz CT molecular complexity index is 615. The molecule has 1 aromatic heterocycles. The van der Waals surface area contributed by atoms with E-state index in [-0.39, 0.29) is 5.78 Å². The summed E-state index contributed by atoms with van der Waals surface area (Å²) in [6.07, 6.45) is 1.57. The molecule has 4 heteroatoms. The van der Waals surface area contributed by atoms with Crippen molar-refractivity contribution in [1.82, 2.24) is 4.98 Å². The van der Waals surface area contributed by atoms with Crippen molar-refractivity contribution in [3.05, 3.63) is 59.9 Å². The van der Waals surface area contributed by atoms with Gasteiger partial charge in [-0.1, -0.05) is 6.07 Å². The molecule has 0 radical (unpaired) electrons. The first-order chi connectivity index (χ1) is 9.76. The highest BCUT2D eigenvalue weighted by molar-refractivity contribution is 6.02. The SMILES string of the molecule is CCOc1ccc(C(=O)[C@H](C#N)c2ccccn2)cc1. The van der Waals surface area contributed by atoms with Gasteiger partial charge in [0.05, 0.1) is 18.4 Å². The molecule has 0 saturated heterocycles. The summed E-state index contributed by atoms with van der Waals surface area (Å²) in [7, 11) is 0. The Morgan fingerprint density at radius 3 is 2.60 bits per heavy atom. The second kappa shape index (κ2) is 6.48. The zero-order chi connectivity index (χ0) is 14.4. The maximum Gasteiger partial charge on any atom is 0.186 e. The lowest BCUT2D eigenvalue weighted by Gasteiger charge is -2.08. The number of hydrogen-bond donors (Lipinski definition) is 0. The summed E-state index contributed by atoms with van der Waals surface area (Å²) >= 11 is 0. The fraction of sp³-hybridized carbons (Fsp3) is 0.188. The number of aromatic nitrogens is 1. The number of hydrogen-bond acceptors (Lipinski definition) is 4. The number of Topliss-reactive ketones (excluding diaryl/α,β-unsaturated/α-hetero) is 1. The van der Waals surface area contributed by atoms with Gasteiger partial charge >= 0.3 is 0 Å². The molecule has 20 heavy (non-hydrogen) atoms. The normalized spacial score (nSPS) is 11.4. The Hall–Kier alpha value is -2.67. The molecule has 1 heterocycles. The maximum atomic E-state index is 12.3. The first-order valence-electron chi connectivity index (χ1n) is 6.34. The number of carbonyl (C=O) groups is 1. The van der Waals surface area contributed by atoms with Crippen LogP contribution in [0.1, 0.15) is 28.9 Å². The molecule has 0 N–H and O–H groups in total. The van der Waals surface area contributed by atoms with E-state index in [4.69, 9.17) is 4.74 Å². The first kappa shape index (κ1) is 13.8. The molecule has 0 spiro atoms. The average Bonchev–Trinajstić information content (AvgIpc) is 2.50. The number of pyridine rings is 1. The van der Waals surface area contributed by atoms with Crippen molar-refractivity contribution < 1.29 is 9.53 Å². The smallest absolute Gasteiger partial charge is 0.186 e. The Labute approximate surface area is 117 Å². The van der Waals surface area contributed by atoms with Crippen molar-refractivity contribution in [1.29, 1.82) is 5.26 Å². The zero-order valence-electron chi connectivity index (χ0n) is 11.1. The monoisotopic (exact) mass is 266 g/mol. The van der Waals surface area contributed by atoms with Crippen LogP contribution >= 0.6 is 0 Å². The Balaban J connectivity index is 2.23. The van der Waals surface area contributed by atoms with Gasteiger partial charge in [0, 0.05) is 11.8 Å². The van der Waals surface area contributed by atoms with E-state index in [0.29, 0.717) is 23.6 Å². The van der Waals surface area contributed by atoms with Crippen molar-refractivity contribution in [2.75, 3.05) is 6.61 Å². The van der Waals surface area contributed by atoms with Gasteiger partial charge in [-0.15, -0.1) is 0 Å². The third-order valence-electron chi connectivity index (χ3n) is 2.82. The molecular weight excluding hydrogens is 252 g/mol. The summed E-state index contributed by atoms with van der Waals surface area (Å²) in [5.41, 5.74) is 0.944. The van der Waals surface area contributed by atoms with Crippen LogP contribution in [0, 0.1) is 11.3 Å². The third kappa shape index (κ3) is 3.01. The number of ether oxygens (including phenoxy) is 1. The van der Waals surface area contributed by atoms with E-state index in [1.165, 1.54) is 0 Å². The molecule has 0 fully saturated rings. The second-order valence-corrected chi connectivity index (χ2v) is 4.14. The first-order valence-corrected chi connectivity index (χ1v) is 6.34. The molecule has 0 aliphatic carbocycles. The second-order valence-electron chi connectivity index (χ2n) is 4.14. The van der Waals surface area contributed by atoms with E-state index in [1.54, 1.807) is 48.7 Å². The lowest BCUT2D eigenvalue weighted by molar-refractivity contribution is 0.0977. The van der Waals surface area contributed by atoms with Gasteiger partial charge in [-0.2, -0.15) is 5.26 Å². The molecule has 4 nitrogen and oxygen atoms in total. The van der Waals surface area contributed by atoms with E-state index in [2.05, 4.69) is 4.98 Å².